The van der Waals surface area contributed by atoms with Crippen molar-refractivity contribution in [3.8, 4) is 0 Å². The van der Waals surface area contributed by atoms with E-state index in [-0.39, 0.29) is 29.9 Å². The van der Waals surface area contributed by atoms with Crippen molar-refractivity contribution in [2.75, 3.05) is 46.4 Å². The van der Waals surface area contributed by atoms with Crippen LogP contribution in [0.2, 0.25) is 0 Å². The van der Waals surface area contributed by atoms with Gasteiger partial charge in [-0.25, -0.2) is 0 Å². The van der Waals surface area contributed by atoms with Gasteiger partial charge in [-0.05, 0) is 38.0 Å². The van der Waals surface area contributed by atoms with E-state index in [4.69, 9.17) is 4.74 Å². The fourth-order valence-electron chi connectivity index (χ4n) is 2.78. The Labute approximate surface area is 170 Å². The van der Waals surface area contributed by atoms with Crippen LogP contribution in [-0.4, -0.2) is 63.2 Å². The zero-order valence-corrected chi connectivity index (χ0v) is 18.7. The van der Waals surface area contributed by atoms with Crippen molar-refractivity contribution in [3.05, 3.63) is 0 Å². The lowest BCUT2D eigenvalue weighted by Gasteiger charge is -2.34. The number of guanidine groups is 1. The summed E-state index contributed by atoms with van der Waals surface area (Å²) in [5.74, 6) is 2.29. The van der Waals surface area contributed by atoms with Crippen LogP contribution in [0.5, 0.6) is 0 Å². The molecule has 0 unspecified atom stereocenters. The first-order valence-electron chi connectivity index (χ1n) is 9.38. The number of carbonyl (C=O) groups is 1. The summed E-state index contributed by atoms with van der Waals surface area (Å²) >= 11 is 0. The van der Waals surface area contributed by atoms with Crippen LogP contribution >= 0.6 is 24.0 Å². The van der Waals surface area contributed by atoms with E-state index in [2.05, 4.69) is 41.3 Å². The Hall–Kier alpha value is -0.570. The third-order valence-corrected chi connectivity index (χ3v) is 4.34. The molecule has 0 atom stereocenters. The molecule has 0 radical (unpaired) electrons. The topological polar surface area (TPSA) is 66.0 Å². The highest BCUT2D eigenvalue weighted by molar-refractivity contribution is 14.0. The van der Waals surface area contributed by atoms with Gasteiger partial charge in [-0.3, -0.25) is 9.79 Å². The summed E-state index contributed by atoms with van der Waals surface area (Å²) in [4.78, 5) is 18.5. The second-order valence-electron chi connectivity index (χ2n) is 6.84. The van der Waals surface area contributed by atoms with Crippen LogP contribution in [0.25, 0.3) is 0 Å². The summed E-state index contributed by atoms with van der Waals surface area (Å²) in [5.41, 5.74) is 0. The molecule has 1 amide bonds. The van der Waals surface area contributed by atoms with E-state index in [0.717, 1.165) is 51.5 Å². The molecule has 148 valence electrons. The fraction of sp³-hybridized carbons (Fsp3) is 0.889. The molecule has 1 heterocycles. The average Bonchev–Trinajstić information content (AvgIpc) is 2.57. The van der Waals surface area contributed by atoms with Crippen molar-refractivity contribution in [3.63, 3.8) is 0 Å². The number of nitrogens with one attached hydrogen (secondary N) is 2. The molecule has 1 aliphatic heterocycles. The van der Waals surface area contributed by atoms with Crippen LogP contribution in [0.1, 0.15) is 46.5 Å². The van der Waals surface area contributed by atoms with Gasteiger partial charge in [-0.1, -0.05) is 13.8 Å². The van der Waals surface area contributed by atoms with Gasteiger partial charge in [-0.15, -0.1) is 24.0 Å². The van der Waals surface area contributed by atoms with Gasteiger partial charge in [0, 0.05) is 39.7 Å². The van der Waals surface area contributed by atoms with Gasteiger partial charge in [0.2, 0.25) is 5.91 Å². The smallest absolute Gasteiger partial charge is 0.220 e. The number of rotatable bonds is 9. The second kappa shape index (κ2) is 14.6. The van der Waals surface area contributed by atoms with Crippen LogP contribution < -0.4 is 10.6 Å². The number of hydrogen-bond acceptors (Lipinski definition) is 3. The van der Waals surface area contributed by atoms with Gasteiger partial charge in [-0.2, -0.15) is 0 Å². The molecule has 7 heteroatoms. The van der Waals surface area contributed by atoms with Gasteiger partial charge < -0.3 is 20.3 Å². The Balaban J connectivity index is 0.00000576. The molecular weight excluding hydrogens is 431 g/mol. The first-order valence-corrected chi connectivity index (χ1v) is 9.38. The minimum Gasteiger partial charge on any atom is -0.380 e. The maximum Gasteiger partial charge on any atom is 0.220 e. The van der Waals surface area contributed by atoms with Crippen molar-refractivity contribution in [2.45, 2.75) is 46.5 Å². The summed E-state index contributed by atoms with van der Waals surface area (Å²) < 4.78 is 5.64. The summed E-state index contributed by atoms with van der Waals surface area (Å²) in [6.07, 6.45) is 3.83. The molecule has 0 aliphatic carbocycles. The van der Waals surface area contributed by atoms with Crippen LogP contribution in [0.4, 0.5) is 0 Å². The molecule has 25 heavy (non-hydrogen) atoms. The molecule has 0 aromatic rings. The highest BCUT2D eigenvalue weighted by atomic mass is 127. The average molecular weight is 468 g/mol. The molecular formula is C18H37IN4O2. The summed E-state index contributed by atoms with van der Waals surface area (Å²) in [5, 5.41) is 6.08. The van der Waals surface area contributed by atoms with E-state index in [0.29, 0.717) is 31.4 Å². The number of ether oxygens (including phenoxy) is 1. The van der Waals surface area contributed by atoms with E-state index in [9.17, 15) is 4.79 Å². The quantitative estimate of drug-likeness (QED) is 0.236. The van der Waals surface area contributed by atoms with Crippen molar-refractivity contribution in [2.24, 2.45) is 16.8 Å². The first-order chi connectivity index (χ1) is 11.6. The van der Waals surface area contributed by atoms with Crippen LogP contribution in [0, 0.1) is 11.8 Å². The monoisotopic (exact) mass is 468 g/mol. The lowest BCUT2D eigenvalue weighted by molar-refractivity contribution is -0.121. The van der Waals surface area contributed by atoms with Crippen LogP contribution in [0.3, 0.4) is 0 Å². The summed E-state index contributed by atoms with van der Waals surface area (Å²) in [6.45, 7) is 11.5. The molecule has 2 N–H and O–H groups in total. The Bertz CT molecular complexity index is 383. The summed E-state index contributed by atoms with van der Waals surface area (Å²) in [6, 6.07) is 0. The molecule has 0 aromatic carbocycles. The minimum absolute atomic E-state index is 0. The van der Waals surface area contributed by atoms with E-state index < -0.39 is 0 Å². The molecule has 1 rings (SSSR count). The Kier molecular flexibility index (Phi) is 14.3. The third-order valence-electron chi connectivity index (χ3n) is 4.34. The van der Waals surface area contributed by atoms with Gasteiger partial charge in [0.25, 0.3) is 0 Å². The van der Waals surface area contributed by atoms with Crippen LogP contribution in [-0.2, 0) is 9.53 Å². The largest absolute Gasteiger partial charge is 0.380 e. The van der Waals surface area contributed by atoms with E-state index >= 15 is 0 Å². The number of aliphatic imine (C=N–C) groups is 1. The lowest BCUT2D eigenvalue weighted by Crippen LogP contribution is -2.46. The molecule has 0 saturated carbocycles. The Morgan fingerprint density at radius 3 is 2.52 bits per heavy atom. The predicted octanol–water partition coefficient (Wildman–Crippen LogP) is 2.48. The number of likely N-dealkylation sites (tertiary alicyclic amines) is 1. The standard InChI is InChI=1S/C18H36N4O2.HI/c1-5-20-18(21-9-13-24-12-8-15(2)3)22-10-6-16(7-11-22)14-17(23)19-4;/h15-16H,5-14H2,1-4H3,(H,19,23)(H,20,21);1H. The van der Waals surface area contributed by atoms with Crippen LogP contribution in [0.15, 0.2) is 4.99 Å². The predicted molar refractivity (Wildman–Crippen MR) is 115 cm³/mol. The minimum atomic E-state index is 0. The van der Waals surface area contributed by atoms with Gasteiger partial charge in [0.15, 0.2) is 5.96 Å². The highest BCUT2D eigenvalue weighted by Gasteiger charge is 2.22. The number of amides is 1. The SMILES string of the molecule is CCNC(=NCCOCCC(C)C)N1CCC(CC(=O)NC)CC1.I. The molecule has 0 spiro atoms. The molecule has 0 aromatic heterocycles. The van der Waals surface area contributed by atoms with Gasteiger partial charge >= 0.3 is 0 Å². The second-order valence-corrected chi connectivity index (χ2v) is 6.84. The zero-order valence-electron chi connectivity index (χ0n) is 16.3. The van der Waals surface area contributed by atoms with Crippen molar-refractivity contribution < 1.29 is 9.53 Å². The Morgan fingerprint density at radius 2 is 1.96 bits per heavy atom. The molecule has 6 nitrogen and oxygen atoms in total. The maximum absolute atomic E-state index is 11.5. The lowest BCUT2D eigenvalue weighted by atomic mass is 9.93. The maximum atomic E-state index is 11.5. The fourth-order valence-corrected chi connectivity index (χ4v) is 2.78. The van der Waals surface area contributed by atoms with E-state index in [1.54, 1.807) is 7.05 Å². The van der Waals surface area contributed by atoms with E-state index in [1.807, 2.05) is 0 Å². The van der Waals surface area contributed by atoms with Crippen molar-refractivity contribution in [1.29, 1.82) is 0 Å². The van der Waals surface area contributed by atoms with Gasteiger partial charge in [0.1, 0.15) is 0 Å². The normalized spacial score (nSPS) is 15.9. The Morgan fingerprint density at radius 1 is 1.28 bits per heavy atom. The molecule has 1 saturated heterocycles. The first kappa shape index (κ1) is 24.4. The third kappa shape index (κ3) is 10.9. The number of hydrogen-bond donors (Lipinski definition) is 2. The molecule has 1 fully saturated rings. The number of nitrogens with zero attached hydrogens (tertiary/aromatic N) is 2. The number of carbonyl (C=O) groups excluding carboxylic acids is 1. The highest BCUT2D eigenvalue weighted by Crippen LogP contribution is 2.20. The molecule has 0 bridgehead atoms. The van der Waals surface area contributed by atoms with Gasteiger partial charge in [0.05, 0.1) is 13.2 Å². The summed E-state index contributed by atoms with van der Waals surface area (Å²) in [7, 11) is 1.70. The zero-order chi connectivity index (χ0) is 17.8. The number of piperidine rings is 1. The van der Waals surface area contributed by atoms with Crippen molar-refractivity contribution in [1.82, 2.24) is 15.5 Å². The number of halogens is 1. The molecule has 1 aliphatic rings. The van der Waals surface area contributed by atoms with E-state index in [1.165, 1.54) is 0 Å². The van der Waals surface area contributed by atoms with Crippen molar-refractivity contribution >= 4 is 35.8 Å².